The van der Waals surface area contributed by atoms with Crippen LogP contribution < -0.4 is 10.5 Å². The number of rotatable bonds is 5. The van der Waals surface area contributed by atoms with E-state index in [0.717, 1.165) is 28.2 Å². The summed E-state index contributed by atoms with van der Waals surface area (Å²) >= 11 is 0. The summed E-state index contributed by atoms with van der Waals surface area (Å²) in [6.45, 7) is 0.0460. The van der Waals surface area contributed by atoms with E-state index in [-0.39, 0.29) is 18.0 Å². The number of hydrogen-bond acceptors (Lipinski definition) is 5. The highest BCUT2D eigenvalue weighted by molar-refractivity contribution is 5.59. The number of nitrogens with zero attached hydrogens (tertiary/aromatic N) is 4. The van der Waals surface area contributed by atoms with Gasteiger partial charge < -0.3 is 13.7 Å². The molecule has 2 heterocycles. The highest BCUT2D eigenvalue weighted by Gasteiger charge is 2.30. The number of benzene rings is 2. The van der Waals surface area contributed by atoms with E-state index < -0.39 is 17.5 Å². The van der Waals surface area contributed by atoms with Gasteiger partial charge >= 0.3 is 11.9 Å². The van der Waals surface area contributed by atoms with Gasteiger partial charge in [0.15, 0.2) is 0 Å². The predicted molar refractivity (Wildman–Crippen MR) is 105 cm³/mol. The van der Waals surface area contributed by atoms with E-state index in [0.29, 0.717) is 11.3 Å². The molecule has 0 aliphatic carbocycles. The molecule has 2 aromatic carbocycles. The van der Waals surface area contributed by atoms with Crippen molar-refractivity contribution in [1.29, 1.82) is 0 Å². The van der Waals surface area contributed by atoms with Crippen molar-refractivity contribution >= 4 is 0 Å². The van der Waals surface area contributed by atoms with E-state index in [4.69, 9.17) is 9.15 Å². The van der Waals surface area contributed by atoms with Crippen molar-refractivity contribution in [3.8, 4) is 28.6 Å². The topological polar surface area (TPSA) is 75.1 Å². The lowest BCUT2D eigenvalue weighted by atomic mass is 10.1. The fraction of sp³-hybridized carbons (Fsp3) is 0.190. The summed E-state index contributed by atoms with van der Waals surface area (Å²) in [7, 11) is 3.38. The maximum Gasteiger partial charge on any atom is 0.437 e. The largest absolute Gasteiger partial charge is 0.496 e. The summed E-state index contributed by atoms with van der Waals surface area (Å²) in [5.41, 5.74) is 0.951. The molecule has 0 spiro atoms. The van der Waals surface area contributed by atoms with Crippen LogP contribution in [-0.4, -0.2) is 26.4 Å². The first-order chi connectivity index (χ1) is 14.8. The molecule has 2 aromatic heterocycles. The Morgan fingerprint density at radius 1 is 1.10 bits per heavy atom. The molecule has 0 amide bonds. The fourth-order valence-corrected chi connectivity index (χ4v) is 3.17. The van der Waals surface area contributed by atoms with Crippen molar-refractivity contribution in [3.05, 3.63) is 76.5 Å². The molecule has 0 unspecified atom stereocenters. The number of alkyl halides is 3. The molecule has 0 aliphatic rings. The number of aromatic nitrogens is 4. The van der Waals surface area contributed by atoms with Gasteiger partial charge in [0.25, 0.3) is 0 Å². The minimum absolute atomic E-state index is 0.0460. The van der Waals surface area contributed by atoms with Gasteiger partial charge in [-0.1, -0.05) is 0 Å². The third-order valence-electron chi connectivity index (χ3n) is 4.75. The van der Waals surface area contributed by atoms with Gasteiger partial charge in [0, 0.05) is 36.1 Å². The van der Waals surface area contributed by atoms with Crippen molar-refractivity contribution in [2.45, 2.75) is 12.7 Å². The Balaban J connectivity index is 1.66. The normalized spacial score (nSPS) is 11.6. The molecule has 0 saturated carbocycles. The maximum absolute atomic E-state index is 12.8. The van der Waals surface area contributed by atoms with Gasteiger partial charge in [-0.25, -0.2) is 9.78 Å². The maximum atomic E-state index is 12.8. The standard InChI is InChI=1S/C21H17F3N4O3/c1-27-10-9-25-18(27)14-5-8-17(30-2)15(11-14)12-28-20(29)31-19(26-28)13-3-6-16(7-4-13)21(22,23)24/h3-11H,12H2,1-2H3. The molecular weight excluding hydrogens is 413 g/mol. The summed E-state index contributed by atoms with van der Waals surface area (Å²) in [5, 5.41) is 4.13. The van der Waals surface area contributed by atoms with Crippen molar-refractivity contribution in [2.24, 2.45) is 7.05 Å². The second kappa shape index (κ2) is 7.78. The van der Waals surface area contributed by atoms with Gasteiger partial charge in [0.2, 0.25) is 5.89 Å². The van der Waals surface area contributed by atoms with E-state index >= 15 is 0 Å². The first-order valence-corrected chi connectivity index (χ1v) is 9.16. The van der Waals surface area contributed by atoms with Crippen molar-refractivity contribution in [3.63, 3.8) is 0 Å². The lowest BCUT2D eigenvalue weighted by molar-refractivity contribution is -0.137. The number of imidazole rings is 1. The average Bonchev–Trinajstić information content (AvgIpc) is 3.33. The molecule has 7 nitrogen and oxygen atoms in total. The number of ether oxygens (including phenoxy) is 1. The Morgan fingerprint density at radius 2 is 1.81 bits per heavy atom. The SMILES string of the molecule is COc1ccc(-c2nccn2C)cc1Cn1nc(-c2ccc(C(F)(F)F)cc2)oc1=O. The lowest BCUT2D eigenvalue weighted by Gasteiger charge is -2.10. The molecule has 0 saturated heterocycles. The van der Waals surface area contributed by atoms with Crippen LogP contribution in [-0.2, 0) is 19.8 Å². The van der Waals surface area contributed by atoms with E-state index in [1.807, 2.05) is 29.9 Å². The first-order valence-electron chi connectivity index (χ1n) is 9.16. The Morgan fingerprint density at radius 3 is 2.42 bits per heavy atom. The summed E-state index contributed by atoms with van der Waals surface area (Å²) in [4.78, 5) is 16.6. The molecular formula is C21H17F3N4O3. The van der Waals surface area contributed by atoms with E-state index in [1.165, 1.54) is 19.2 Å². The van der Waals surface area contributed by atoms with Crippen LogP contribution in [0.25, 0.3) is 22.8 Å². The van der Waals surface area contributed by atoms with Crippen LogP contribution in [0.5, 0.6) is 5.75 Å². The minimum atomic E-state index is -4.45. The second-order valence-electron chi connectivity index (χ2n) is 6.79. The van der Waals surface area contributed by atoms with Crippen molar-refractivity contribution in [2.75, 3.05) is 7.11 Å². The Kier molecular flexibility index (Phi) is 5.14. The Hall–Kier alpha value is -3.82. The van der Waals surface area contributed by atoms with Crippen LogP contribution in [0.1, 0.15) is 11.1 Å². The summed E-state index contributed by atoms with van der Waals surface area (Å²) in [5.74, 6) is 0.475. The number of aryl methyl sites for hydroxylation is 1. The van der Waals surface area contributed by atoms with Gasteiger partial charge in [-0.15, -0.1) is 5.10 Å². The van der Waals surface area contributed by atoms with Crippen LogP contribution in [0.2, 0.25) is 0 Å². The highest BCUT2D eigenvalue weighted by Crippen LogP contribution is 2.31. The van der Waals surface area contributed by atoms with Crippen LogP contribution >= 0.6 is 0 Å². The van der Waals surface area contributed by atoms with Gasteiger partial charge in [0.1, 0.15) is 11.6 Å². The molecule has 0 atom stereocenters. The van der Waals surface area contributed by atoms with Crippen molar-refractivity contribution in [1.82, 2.24) is 19.3 Å². The monoisotopic (exact) mass is 430 g/mol. The molecule has 4 aromatic rings. The molecule has 4 rings (SSSR count). The third-order valence-corrected chi connectivity index (χ3v) is 4.75. The molecule has 31 heavy (non-hydrogen) atoms. The van der Waals surface area contributed by atoms with E-state index in [2.05, 4.69) is 10.1 Å². The number of methoxy groups -OCH3 is 1. The highest BCUT2D eigenvalue weighted by atomic mass is 19.4. The average molecular weight is 430 g/mol. The molecule has 160 valence electrons. The Labute approximate surface area is 174 Å². The van der Waals surface area contributed by atoms with Crippen LogP contribution in [0, 0.1) is 0 Å². The lowest BCUT2D eigenvalue weighted by Crippen LogP contribution is -2.17. The zero-order valence-corrected chi connectivity index (χ0v) is 16.6. The quantitative estimate of drug-likeness (QED) is 0.479. The van der Waals surface area contributed by atoms with Gasteiger partial charge in [-0.3, -0.25) is 0 Å². The summed E-state index contributed by atoms with van der Waals surface area (Å²) in [6.07, 6.45) is -0.955. The Bertz CT molecular complexity index is 1270. The van der Waals surface area contributed by atoms with E-state index in [1.54, 1.807) is 12.3 Å². The molecule has 0 N–H and O–H groups in total. The second-order valence-corrected chi connectivity index (χ2v) is 6.79. The number of hydrogen-bond donors (Lipinski definition) is 0. The van der Waals surface area contributed by atoms with Crippen molar-refractivity contribution < 1.29 is 22.3 Å². The minimum Gasteiger partial charge on any atom is -0.496 e. The smallest absolute Gasteiger partial charge is 0.437 e. The summed E-state index contributed by atoms with van der Waals surface area (Å²) < 4.78 is 51.7. The zero-order valence-electron chi connectivity index (χ0n) is 16.6. The molecule has 10 heteroatoms. The van der Waals surface area contributed by atoms with Gasteiger partial charge in [0.05, 0.1) is 19.2 Å². The predicted octanol–water partition coefficient (Wildman–Crippen LogP) is 3.98. The number of halogens is 3. The third kappa shape index (κ3) is 4.09. The van der Waals surface area contributed by atoms with Crippen LogP contribution in [0.4, 0.5) is 13.2 Å². The molecule has 0 radical (unpaired) electrons. The fourth-order valence-electron chi connectivity index (χ4n) is 3.17. The van der Waals surface area contributed by atoms with Gasteiger partial charge in [-0.2, -0.15) is 17.9 Å². The molecule has 0 aliphatic heterocycles. The summed E-state index contributed by atoms with van der Waals surface area (Å²) in [6, 6.07) is 9.69. The zero-order chi connectivity index (χ0) is 22.2. The molecule has 0 bridgehead atoms. The van der Waals surface area contributed by atoms with E-state index in [9.17, 15) is 18.0 Å². The first kappa shape index (κ1) is 20.5. The molecule has 0 fully saturated rings. The van der Waals surface area contributed by atoms with Gasteiger partial charge in [-0.05, 0) is 42.5 Å². The van der Waals surface area contributed by atoms with Crippen LogP contribution in [0.3, 0.4) is 0 Å². The van der Waals surface area contributed by atoms with Crippen LogP contribution in [0.15, 0.2) is 64.1 Å².